The summed E-state index contributed by atoms with van der Waals surface area (Å²) in [5.74, 6) is 0.564. The summed E-state index contributed by atoms with van der Waals surface area (Å²) < 4.78 is 0. The first-order valence-electron chi connectivity index (χ1n) is 3.35. The number of rotatable bonds is 3. The largest absolute Gasteiger partial charge is 0.193 e. The van der Waals surface area contributed by atoms with Gasteiger partial charge in [-0.05, 0) is 11.8 Å². The van der Waals surface area contributed by atoms with Crippen molar-refractivity contribution >= 4 is 0 Å². The first-order chi connectivity index (χ1) is 4.63. The van der Waals surface area contributed by atoms with Crippen LogP contribution >= 0.6 is 0 Å². The van der Waals surface area contributed by atoms with Crippen LogP contribution < -0.4 is 0 Å². The van der Waals surface area contributed by atoms with Gasteiger partial charge in [0.1, 0.15) is 0 Å². The third-order valence-electron chi connectivity index (χ3n) is 1.85. The topological polar surface area (TPSA) is 23.8 Å². The molecule has 0 aliphatic heterocycles. The van der Waals surface area contributed by atoms with E-state index in [9.17, 15) is 0 Å². The molecule has 2 atom stereocenters. The first-order valence-corrected chi connectivity index (χ1v) is 3.35. The van der Waals surface area contributed by atoms with Gasteiger partial charge in [0.2, 0.25) is 0 Å². The van der Waals surface area contributed by atoms with E-state index in [4.69, 9.17) is 5.26 Å². The van der Waals surface area contributed by atoms with Gasteiger partial charge in [0, 0.05) is 5.57 Å². The Bertz CT molecular complexity index is 174. The molecule has 0 amide bonds. The van der Waals surface area contributed by atoms with Crippen LogP contribution in [0.25, 0.3) is 0 Å². The van der Waals surface area contributed by atoms with Gasteiger partial charge < -0.3 is 0 Å². The molecule has 0 heterocycles. The molecular weight excluding hydrogens is 122 g/mol. The van der Waals surface area contributed by atoms with E-state index < -0.39 is 0 Å². The van der Waals surface area contributed by atoms with Crippen molar-refractivity contribution in [1.82, 2.24) is 0 Å². The molecular formula is C9H13N. The summed E-state index contributed by atoms with van der Waals surface area (Å²) in [6, 6.07) is 2.04. The van der Waals surface area contributed by atoms with Gasteiger partial charge in [0.05, 0.1) is 6.07 Å². The van der Waals surface area contributed by atoms with E-state index >= 15 is 0 Å². The lowest BCUT2D eigenvalue weighted by molar-refractivity contribution is 0.543. The van der Waals surface area contributed by atoms with Crippen LogP contribution in [0.4, 0.5) is 0 Å². The fourth-order valence-electron chi connectivity index (χ4n) is 0.623. The zero-order chi connectivity index (χ0) is 8.15. The number of hydrogen-bond acceptors (Lipinski definition) is 1. The minimum Gasteiger partial charge on any atom is -0.193 e. The van der Waals surface area contributed by atoms with Gasteiger partial charge in [0.25, 0.3) is 0 Å². The summed E-state index contributed by atoms with van der Waals surface area (Å²) in [6.07, 6.45) is 1.84. The van der Waals surface area contributed by atoms with E-state index in [-0.39, 0.29) is 5.92 Å². The summed E-state index contributed by atoms with van der Waals surface area (Å²) in [7, 11) is 0. The molecule has 0 fully saturated rings. The maximum atomic E-state index is 8.47. The molecule has 54 valence electrons. The van der Waals surface area contributed by atoms with Gasteiger partial charge in [-0.3, -0.25) is 0 Å². The van der Waals surface area contributed by atoms with Crippen molar-refractivity contribution in [2.24, 2.45) is 11.8 Å². The third kappa shape index (κ3) is 2.06. The van der Waals surface area contributed by atoms with Crippen molar-refractivity contribution in [2.45, 2.75) is 13.8 Å². The SMILES string of the molecule is C=C[C@@H](C)[C@H](C)C(=C)C#N. The fourth-order valence-corrected chi connectivity index (χ4v) is 0.623. The second kappa shape index (κ2) is 3.90. The zero-order valence-corrected chi connectivity index (χ0v) is 6.59. The number of hydrogen-bond donors (Lipinski definition) is 0. The number of nitrogens with zero attached hydrogens (tertiary/aromatic N) is 1. The van der Waals surface area contributed by atoms with Crippen molar-refractivity contribution in [3.63, 3.8) is 0 Å². The molecule has 0 aromatic heterocycles. The quantitative estimate of drug-likeness (QED) is 0.431. The van der Waals surface area contributed by atoms with Crippen molar-refractivity contribution < 1.29 is 0 Å². The Morgan fingerprint density at radius 2 is 2.10 bits per heavy atom. The Morgan fingerprint density at radius 3 is 2.40 bits per heavy atom. The van der Waals surface area contributed by atoms with Gasteiger partial charge in [-0.25, -0.2) is 0 Å². The minimum absolute atomic E-state index is 0.225. The van der Waals surface area contributed by atoms with Crippen LogP contribution in [0.1, 0.15) is 13.8 Å². The smallest absolute Gasteiger partial charge is 0.0943 e. The second-order valence-corrected chi connectivity index (χ2v) is 2.52. The molecule has 0 bridgehead atoms. The Labute approximate surface area is 62.7 Å². The molecule has 0 saturated heterocycles. The average Bonchev–Trinajstić information content (AvgIpc) is 2.00. The molecule has 0 saturated carbocycles. The van der Waals surface area contributed by atoms with E-state index in [1.807, 2.05) is 26.0 Å². The molecule has 0 aliphatic rings. The molecule has 0 spiro atoms. The molecule has 0 radical (unpaired) electrons. The number of nitriles is 1. The van der Waals surface area contributed by atoms with Gasteiger partial charge in [0.15, 0.2) is 0 Å². The van der Waals surface area contributed by atoms with Crippen LogP contribution in [-0.2, 0) is 0 Å². The van der Waals surface area contributed by atoms with E-state index in [1.165, 1.54) is 0 Å². The van der Waals surface area contributed by atoms with Crippen molar-refractivity contribution in [2.75, 3.05) is 0 Å². The van der Waals surface area contributed by atoms with E-state index in [1.54, 1.807) is 0 Å². The molecule has 1 heteroatoms. The van der Waals surface area contributed by atoms with Crippen LogP contribution in [0, 0.1) is 23.2 Å². The summed E-state index contributed by atoms with van der Waals surface area (Å²) >= 11 is 0. The van der Waals surface area contributed by atoms with Gasteiger partial charge >= 0.3 is 0 Å². The summed E-state index contributed by atoms with van der Waals surface area (Å²) in [5, 5.41) is 8.47. The number of allylic oxidation sites excluding steroid dienone is 2. The average molecular weight is 135 g/mol. The van der Waals surface area contributed by atoms with Crippen molar-refractivity contribution in [3.05, 3.63) is 24.8 Å². The zero-order valence-electron chi connectivity index (χ0n) is 6.59. The van der Waals surface area contributed by atoms with Crippen LogP contribution in [0.2, 0.25) is 0 Å². The first kappa shape index (κ1) is 8.97. The predicted octanol–water partition coefficient (Wildman–Crippen LogP) is 2.52. The van der Waals surface area contributed by atoms with Gasteiger partial charge in [-0.2, -0.15) is 5.26 Å². The van der Waals surface area contributed by atoms with E-state index in [0.29, 0.717) is 11.5 Å². The lowest BCUT2D eigenvalue weighted by Crippen LogP contribution is -2.05. The Balaban J connectivity index is 4.09. The highest BCUT2D eigenvalue weighted by Crippen LogP contribution is 2.18. The molecule has 1 nitrogen and oxygen atoms in total. The van der Waals surface area contributed by atoms with Crippen LogP contribution in [0.15, 0.2) is 24.8 Å². The van der Waals surface area contributed by atoms with E-state index in [2.05, 4.69) is 13.2 Å². The summed E-state index contributed by atoms with van der Waals surface area (Å²) in [6.45, 7) is 11.3. The molecule has 0 N–H and O–H groups in total. The lowest BCUT2D eigenvalue weighted by Gasteiger charge is -2.13. The minimum atomic E-state index is 0.225. The molecule has 0 rings (SSSR count). The summed E-state index contributed by atoms with van der Waals surface area (Å²) in [4.78, 5) is 0. The Kier molecular flexibility index (Phi) is 3.49. The van der Waals surface area contributed by atoms with Crippen LogP contribution in [0.5, 0.6) is 0 Å². The van der Waals surface area contributed by atoms with Crippen LogP contribution in [-0.4, -0.2) is 0 Å². The second-order valence-electron chi connectivity index (χ2n) is 2.52. The Hall–Kier alpha value is -1.03. The highest BCUT2D eigenvalue weighted by atomic mass is 14.3. The van der Waals surface area contributed by atoms with Crippen LogP contribution in [0.3, 0.4) is 0 Å². The fraction of sp³-hybridized carbons (Fsp3) is 0.444. The molecule has 0 aromatic rings. The molecule has 10 heavy (non-hydrogen) atoms. The van der Waals surface area contributed by atoms with Crippen molar-refractivity contribution in [1.29, 1.82) is 5.26 Å². The highest BCUT2D eigenvalue weighted by molar-refractivity contribution is 5.20. The lowest BCUT2D eigenvalue weighted by atomic mass is 9.90. The highest BCUT2D eigenvalue weighted by Gasteiger charge is 2.10. The maximum Gasteiger partial charge on any atom is 0.0943 e. The Morgan fingerprint density at radius 1 is 1.60 bits per heavy atom. The monoisotopic (exact) mass is 135 g/mol. The molecule has 0 unspecified atom stereocenters. The van der Waals surface area contributed by atoms with E-state index in [0.717, 1.165) is 0 Å². The van der Waals surface area contributed by atoms with Crippen molar-refractivity contribution in [3.8, 4) is 6.07 Å². The maximum absolute atomic E-state index is 8.47. The molecule has 0 aromatic carbocycles. The molecule has 0 aliphatic carbocycles. The standard InChI is InChI=1S/C9H13N/c1-5-7(2)9(4)8(3)6-10/h5,7,9H,1,3H2,2,4H3/t7-,9+/m1/s1. The summed E-state index contributed by atoms with van der Waals surface area (Å²) in [5.41, 5.74) is 0.632. The predicted molar refractivity (Wildman–Crippen MR) is 43.3 cm³/mol. The van der Waals surface area contributed by atoms with Gasteiger partial charge in [-0.15, -0.1) is 6.58 Å². The third-order valence-corrected chi connectivity index (χ3v) is 1.85. The normalized spacial score (nSPS) is 14.9. The van der Waals surface area contributed by atoms with Gasteiger partial charge in [-0.1, -0.05) is 26.5 Å².